The summed E-state index contributed by atoms with van der Waals surface area (Å²) in [5.74, 6) is 0.491. The van der Waals surface area contributed by atoms with Gasteiger partial charge in [0.1, 0.15) is 0 Å². The lowest BCUT2D eigenvalue weighted by molar-refractivity contribution is 0.185. The molecule has 1 heterocycles. The maximum absolute atomic E-state index is 8.50. The van der Waals surface area contributed by atoms with Gasteiger partial charge < -0.3 is 9.84 Å². The van der Waals surface area contributed by atoms with Crippen molar-refractivity contribution in [2.75, 3.05) is 6.61 Å². The van der Waals surface area contributed by atoms with Crippen LogP contribution in [0.1, 0.15) is 6.42 Å². The van der Waals surface area contributed by atoms with E-state index >= 15 is 0 Å². The number of aliphatic hydroxyl groups is 1. The topological polar surface area (TPSA) is 32.8 Å². The summed E-state index contributed by atoms with van der Waals surface area (Å²) in [6.07, 6.45) is 2.11. The largest absolute Gasteiger partial charge is 0.396 e. The van der Waals surface area contributed by atoms with Crippen LogP contribution in [-0.2, 0) is 4.74 Å². The van der Waals surface area contributed by atoms with Gasteiger partial charge in [-0.2, -0.15) is 0 Å². The first-order chi connectivity index (χ1) is 3.42. The van der Waals surface area contributed by atoms with E-state index in [0.29, 0.717) is 24.7 Å². The molecule has 3 unspecified atom stereocenters. The van der Waals surface area contributed by atoms with Gasteiger partial charge in [-0.05, 0) is 6.42 Å². The highest BCUT2D eigenvalue weighted by atomic mass is 16.6. The van der Waals surface area contributed by atoms with Gasteiger partial charge in [-0.1, -0.05) is 0 Å². The maximum Gasteiger partial charge on any atom is 0.0892 e. The van der Waals surface area contributed by atoms with E-state index < -0.39 is 0 Å². The SMILES string of the molecule is OCC1CC2OC12. The van der Waals surface area contributed by atoms with Crippen LogP contribution in [0.5, 0.6) is 0 Å². The highest BCUT2D eigenvalue weighted by Gasteiger charge is 2.55. The molecular formula is C5H8O2. The molecule has 0 amide bonds. The number of hydrogen-bond donors (Lipinski definition) is 1. The van der Waals surface area contributed by atoms with E-state index in [4.69, 9.17) is 9.84 Å². The van der Waals surface area contributed by atoms with E-state index in [2.05, 4.69) is 0 Å². The zero-order valence-electron chi connectivity index (χ0n) is 4.00. The third-order valence-electron chi connectivity index (χ3n) is 1.86. The van der Waals surface area contributed by atoms with Crippen molar-refractivity contribution in [2.45, 2.75) is 18.6 Å². The van der Waals surface area contributed by atoms with Crippen molar-refractivity contribution in [1.29, 1.82) is 0 Å². The van der Waals surface area contributed by atoms with Crippen molar-refractivity contribution >= 4 is 0 Å². The highest BCUT2D eigenvalue weighted by molar-refractivity contribution is 5.02. The molecule has 0 aromatic carbocycles. The second kappa shape index (κ2) is 1.01. The Morgan fingerprint density at radius 1 is 1.71 bits per heavy atom. The number of rotatable bonds is 1. The molecule has 2 heteroatoms. The number of ether oxygens (including phenoxy) is 1. The van der Waals surface area contributed by atoms with Gasteiger partial charge in [0.2, 0.25) is 0 Å². The maximum atomic E-state index is 8.50. The lowest BCUT2D eigenvalue weighted by Crippen LogP contribution is -2.26. The molecular weight excluding hydrogens is 92.1 g/mol. The molecule has 0 aromatic heterocycles. The molecule has 2 nitrogen and oxygen atoms in total. The van der Waals surface area contributed by atoms with Gasteiger partial charge in [0.25, 0.3) is 0 Å². The standard InChI is InChI=1S/C5H8O2/c6-2-3-1-4-5(3)7-4/h3-6H,1-2H2. The van der Waals surface area contributed by atoms with Gasteiger partial charge >= 0.3 is 0 Å². The van der Waals surface area contributed by atoms with Gasteiger partial charge in [-0.15, -0.1) is 0 Å². The van der Waals surface area contributed by atoms with Crippen molar-refractivity contribution in [3.63, 3.8) is 0 Å². The fourth-order valence-corrected chi connectivity index (χ4v) is 1.18. The number of epoxide rings is 1. The van der Waals surface area contributed by atoms with Crippen LogP contribution in [0, 0.1) is 5.92 Å². The molecule has 1 saturated heterocycles. The molecule has 7 heavy (non-hydrogen) atoms. The van der Waals surface area contributed by atoms with Gasteiger partial charge in [0.15, 0.2) is 0 Å². The minimum Gasteiger partial charge on any atom is -0.396 e. The molecule has 40 valence electrons. The van der Waals surface area contributed by atoms with Crippen LogP contribution in [0.15, 0.2) is 0 Å². The number of fused-ring (bicyclic) bond motifs is 1. The molecule has 2 rings (SSSR count). The predicted octanol–water partition coefficient (Wildman–Crippen LogP) is -0.234. The fraction of sp³-hybridized carbons (Fsp3) is 1.00. The van der Waals surface area contributed by atoms with Crippen molar-refractivity contribution < 1.29 is 9.84 Å². The van der Waals surface area contributed by atoms with E-state index in [1.165, 1.54) is 0 Å². The predicted molar refractivity (Wildman–Crippen MR) is 23.9 cm³/mol. The van der Waals surface area contributed by atoms with Crippen molar-refractivity contribution in [1.82, 2.24) is 0 Å². The Labute approximate surface area is 42.1 Å². The molecule has 1 N–H and O–H groups in total. The Bertz CT molecular complexity index is 92.1. The minimum atomic E-state index is 0.321. The fourth-order valence-electron chi connectivity index (χ4n) is 1.18. The molecule has 2 aliphatic rings. The van der Waals surface area contributed by atoms with E-state index in [1.54, 1.807) is 0 Å². The Hall–Kier alpha value is -0.0800. The Morgan fingerprint density at radius 2 is 2.57 bits per heavy atom. The van der Waals surface area contributed by atoms with Crippen LogP contribution in [0.2, 0.25) is 0 Å². The average Bonchev–Trinajstić information content (AvgIpc) is 2.18. The summed E-state index contributed by atoms with van der Waals surface area (Å²) >= 11 is 0. The van der Waals surface area contributed by atoms with Gasteiger partial charge in [-0.25, -0.2) is 0 Å². The lowest BCUT2D eigenvalue weighted by Gasteiger charge is -2.15. The summed E-state index contributed by atoms with van der Waals surface area (Å²) in [4.78, 5) is 0. The summed E-state index contributed by atoms with van der Waals surface area (Å²) in [6.45, 7) is 0.321. The van der Waals surface area contributed by atoms with Crippen LogP contribution in [0.25, 0.3) is 0 Å². The number of aliphatic hydroxyl groups excluding tert-OH is 1. The molecule has 1 aliphatic carbocycles. The second-order valence-electron chi connectivity index (χ2n) is 2.32. The van der Waals surface area contributed by atoms with Crippen LogP contribution in [0.3, 0.4) is 0 Å². The summed E-state index contributed by atoms with van der Waals surface area (Å²) in [7, 11) is 0. The minimum absolute atomic E-state index is 0.321. The van der Waals surface area contributed by atoms with Crippen molar-refractivity contribution in [2.24, 2.45) is 5.92 Å². The normalized spacial score (nSPS) is 55.3. The van der Waals surface area contributed by atoms with Crippen molar-refractivity contribution in [3.8, 4) is 0 Å². The summed E-state index contributed by atoms with van der Waals surface area (Å²) < 4.78 is 5.07. The first-order valence-corrected chi connectivity index (χ1v) is 2.68. The summed E-state index contributed by atoms with van der Waals surface area (Å²) in [6, 6.07) is 0. The van der Waals surface area contributed by atoms with E-state index in [9.17, 15) is 0 Å². The average molecular weight is 100 g/mol. The van der Waals surface area contributed by atoms with Gasteiger partial charge in [0, 0.05) is 12.5 Å². The Morgan fingerprint density at radius 3 is 2.71 bits per heavy atom. The molecule has 0 aromatic rings. The van der Waals surface area contributed by atoms with Crippen LogP contribution in [0.4, 0.5) is 0 Å². The smallest absolute Gasteiger partial charge is 0.0892 e. The molecule has 0 bridgehead atoms. The lowest BCUT2D eigenvalue weighted by atomic mass is 9.86. The molecule has 0 radical (unpaired) electrons. The molecule has 1 saturated carbocycles. The molecule has 3 atom stereocenters. The summed E-state index contributed by atoms with van der Waals surface area (Å²) in [5.41, 5.74) is 0. The Balaban J connectivity index is 1.92. The first-order valence-electron chi connectivity index (χ1n) is 2.68. The highest BCUT2D eigenvalue weighted by Crippen LogP contribution is 2.46. The van der Waals surface area contributed by atoms with E-state index in [0.717, 1.165) is 6.42 Å². The number of hydrogen-bond acceptors (Lipinski definition) is 2. The Kier molecular flexibility index (Phi) is 0.557. The summed E-state index contributed by atoms with van der Waals surface area (Å²) in [5, 5.41) is 8.50. The molecule has 2 fully saturated rings. The van der Waals surface area contributed by atoms with Crippen molar-refractivity contribution in [3.05, 3.63) is 0 Å². The van der Waals surface area contributed by atoms with Gasteiger partial charge in [0.05, 0.1) is 12.2 Å². The molecule has 1 aliphatic heterocycles. The van der Waals surface area contributed by atoms with E-state index in [1.807, 2.05) is 0 Å². The quantitative estimate of drug-likeness (QED) is 0.461. The first kappa shape index (κ1) is 3.87. The van der Waals surface area contributed by atoms with Crippen LogP contribution < -0.4 is 0 Å². The monoisotopic (exact) mass is 100 g/mol. The van der Waals surface area contributed by atoms with Crippen LogP contribution >= 0.6 is 0 Å². The third-order valence-corrected chi connectivity index (χ3v) is 1.86. The third kappa shape index (κ3) is 0.359. The van der Waals surface area contributed by atoms with E-state index in [-0.39, 0.29) is 0 Å². The van der Waals surface area contributed by atoms with Crippen LogP contribution in [-0.4, -0.2) is 23.9 Å². The zero-order chi connectivity index (χ0) is 4.85. The molecule has 0 spiro atoms. The second-order valence-corrected chi connectivity index (χ2v) is 2.32. The van der Waals surface area contributed by atoms with Gasteiger partial charge in [-0.3, -0.25) is 0 Å². The zero-order valence-corrected chi connectivity index (χ0v) is 4.00.